The van der Waals surface area contributed by atoms with E-state index in [2.05, 4.69) is 32.5 Å². The van der Waals surface area contributed by atoms with Gasteiger partial charge in [0.15, 0.2) is 0 Å². The smallest absolute Gasteiger partial charge is 0.270 e. The van der Waals surface area contributed by atoms with Gasteiger partial charge in [0, 0.05) is 31.2 Å². The van der Waals surface area contributed by atoms with E-state index in [1.54, 1.807) is 35.7 Å². The number of carbonyl (C=O) groups excluding carboxylic acids is 1. The Bertz CT molecular complexity index is 676. The molecule has 1 aliphatic rings. The second-order valence-corrected chi connectivity index (χ2v) is 6.91. The van der Waals surface area contributed by atoms with E-state index in [1.165, 1.54) is 0 Å². The number of rotatable bonds is 5. The highest BCUT2D eigenvalue weighted by atomic mass is 32.1. The fourth-order valence-electron chi connectivity index (χ4n) is 2.86. The lowest BCUT2D eigenvalue weighted by Gasteiger charge is -2.35. The van der Waals surface area contributed by atoms with E-state index in [1.807, 2.05) is 0 Å². The summed E-state index contributed by atoms with van der Waals surface area (Å²) < 4.78 is 0. The first kappa shape index (κ1) is 17.0. The highest BCUT2D eigenvalue weighted by molar-refractivity contribution is 7.09. The van der Waals surface area contributed by atoms with Gasteiger partial charge in [-0.25, -0.2) is 4.98 Å². The topological polar surface area (TPSA) is 78.4 Å². The van der Waals surface area contributed by atoms with Gasteiger partial charge in [0.05, 0.1) is 22.8 Å². The number of piperidine rings is 1. The molecule has 1 saturated heterocycles. The number of thiazole rings is 1. The first-order chi connectivity index (χ1) is 11.7. The van der Waals surface area contributed by atoms with Crippen LogP contribution in [0.5, 0.6) is 0 Å². The van der Waals surface area contributed by atoms with Gasteiger partial charge >= 0.3 is 0 Å². The molecule has 0 aliphatic carbocycles. The number of β-amino-alcohol motifs (C(OH)–C–C–N with tert-alkyl or cyclic N) is 1. The van der Waals surface area contributed by atoms with Gasteiger partial charge in [-0.15, -0.1) is 11.3 Å². The normalized spacial score (nSPS) is 21.6. The van der Waals surface area contributed by atoms with Crippen LogP contribution >= 0.6 is 11.3 Å². The van der Waals surface area contributed by atoms with Crippen molar-refractivity contribution in [2.75, 3.05) is 13.1 Å². The van der Waals surface area contributed by atoms with Gasteiger partial charge in [-0.05, 0) is 25.0 Å². The van der Waals surface area contributed by atoms with Crippen LogP contribution in [0.25, 0.3) is 0 Å². The number of hydrogen-bond acceptors (Lipinski definition) is 6. The van der Waals surface area contributed by atoms with Crippen molar-refractivity contribution in [2.24, 2.45) is 0 Å². The summed E-state index contributed by atoms with van der Waals surface area (Å²) >= 11 is 1.68. The highest BCUT2D eigenvalue weighted by Gasteiger charge is 2.29. The van der Waals surface area contributed by atoms with Crippen molar-refractivity contribution in [3.63, 3.8) is 0 Å². The zero-order valence-electron chi connectivity index (χ0n) is 13.7. The first-order valence-corrected chi connectivity index (χ1v) is 9.09. The molecule has 0 spiro atoms. The molecular formula is C17H22N4O2S. The van der Waals surface area contributed by atoms with E-state index in [9.17, 15) is 9.90 Å². The largest absolute Gasteiger partial charge is 0.390 e. The summed E-state index contributed by atoms with van der Waals surface area (Å²) in [5.41, 5.74) is 1.43. The van der Waals surface area contributed by atoms with Gasteiger partial charge in [-0.1, -0.05) is 13.0 Å². The summed E-state index contributed by atoms with van der Waals surface area (Å²) in [5.74, 6) is -0.236. The van der Waals surface area contributed by atoms with Gasteiger partial charge in [-0.3, -0.25) is 14.7 Å². The maximum Gasteiger partial charge on any atom is 0.270 e. The average Bonchev–Trinajstić information content (AvgIpc) is 3.05. The first-order valence-electron chi connectivity index (χ1n) is 8.21. The van der Waals surface area contributed by atoms with Crippen LogP contribution in [-0.2, 0) is 13.0 Å². The number of aryl methyl sites for hydroxylation is 1. The molecule has 2 N–H and O–H groups in total. The van der Waals surface area contributed by atoms with Crippen molar-refractivity contribution in [1.29, 1.82) is 0 Å². The molecule has 2 aromatic rings. The third kappa shape index (κ3) is 4.17. The third-order valence-corrected chi connectivity index (χ3v) is 5.21. The Hall–Kier alpha value is -1.83. The number of nitrogens with zero attached hydrogens (tertiary/aromatic N) is 3. The molecule has 2 aromatic heterocycles. The Balaban J connectivity index is 1.52. The van der Waals surface area contributed by atoms with Crippen LogP contribution in [0.2, 0.25) is 0 Å². The number of hydrogen-bond donors (Lipinski definition) is 2. The van der Waals surface area contributed by atoms with Crippen LogP contribution in [-0.4, -0.2) is 51.1 Å². The summed E-state index contributed by atoms with van der Waals surface area (Å²) in [4.78, 5) is 23.0. The van der Waals surface area contributed by atoms with Gasteiger partial charge in [0.25, 0.3) is 5.91 Å². The minimum atomic E-state index is -0.587. The molecule has 24 heavy (non-hydrogen) atoms. The predicted octanol–water partition coefficient (Wildman–Crippen LogP) is 1.47. The van der Waals surface area contributed by atoms with E-state index >= 15 is 0 Å². The number of aliphatic hydroxyl groups excluding tert-OH is 1. The van der Waals surface area contributed by atoms with E-state index in [0.29, 0.717) is 18.7 Å². The summed E-state index contributed by atoms with van der Waals surface area (Å²) in [6, 6.07) is 4.98. The lowest BCUT2D eigenvalue weighted by molar-refractivity contribution is 0.0344. The fourth-order valence-corrected chi connectivity index (χ4v) is 3.60. The fraction of sp³-hybridized carbons (Fsp3) is 0.471. The summed E-state index contributed by atoms with van der Waals surface area (Å²) in [5, 5.41) is 16.5. The second kappa shape index (κ2) is 7.83. The maximum absolute atomic E-state index is 12.2. The standard InChI is InChI=1S/C17H22N4O2S/c1-2-16-19-12(11-24-16)9-21-8-6-13(15(22)10-21)20-17(23)14-5-3-4-7-18-14/h3-5,7,11,13,15,22H,2,6,8-10H2,1H3,(H,20,23)/t13-,15-/m1/s1. The molecule has 1 amide bonds. The van der Waals surface area contributed by atoms with Gasteiger partial charge < -0.3 is 10.4 Å². The van der Waals surface area contributed by atoms with E-state index in [-0.39, 0.29) is 11.9 Å². The van der Waals surface area contributed by atoms with Crippen LogP contribution in [0.4, 0.5) is 0 Å². The number of pyridine rings is 1. The van der Waals surface area contributed by atoms with E-state index < -0.39 is 6.10 Å². The van der Waals surface area contributed by atoms with Crippen molar-refractivity contribution >= 4 is 17.2 Å². The molecule has 0 unspecified atom stereocenters. The molecule has 0 saturated carbocycles. The molecule has 0 bridgehead atoms. The molecule has 6 nitrogen and oxygen atoms in total. The van der Waals surface area contributed by atoms with Gasteiger partial charge in [0.1, 0.15) is 5.69 Å². The number of carbonyl (C=O) groups is 1. The molecule has 1 aliphatic heterocycles. The van der Waals surface area contributed by atoms with Crippen LogP contribution < -0.4 is 5.32 Å². The third-order valence-electron chi connectivity index (χ3n) is 4.17. The van der Waals surface area contributed by atoms with Crippen molar-refractivity contribution < 1.29 is 9.90 Å². The molecule has 7 heteroatoms. The Labute approximate surface area is 145 Å². The molecule has 0 radical (unpaired) electrons. The highest BCUT2D eigenvalue weighted by Crippen LogP contribution is 2.17. The molecule has 1 fully saturated rings. The Morgan fingerprint density at radius 3 is 3.04 bits per heavy atom. The number of aliphatic hydroxyl groups is 1. The summed E-state index contributed by atoms with van der Waals surface area (Å²) in [6.45, 7) is 4.20. The van der Waals surface area contributed by atoms with Crippen LogP contribution in [0.15, 0.2) is 29.8 Å². The zero-order valence-corrected chi connectivity index (χ0v) is 14.5. The number of aromatic nitrogens is 2. The maximum atomic E-state index is 12.2. The van der Waals surface area contributed by atoms with Crippen molar-refractivity contribution in [3.05, 3.63) is 46.2 Å². The van der Waals surface area contributed by atoms with E-state index in [0.717, 1.165) is 30.2 Å². The Morgan fingerprint density at radius 2 is 2.38 bits per heavy atom. The molecule has 3 rings (SSSR count). The lowest BCUT2D eigenvalue weighted by atomic mass is 10.0. The number of nitrogens with one attached hydrogen (secondary N) is 1. The molecule has 128 valence electrons. The minimum absolute atomic E-state index is 0.236. The predicted molar refractivity (Wildman–Crippen MR) is 92.9 cm³/mol. The molecular weight excluding hydrogens is 324 g/mol. The Morgan fingerprint density at radius 1 is 1.50 bits per heavy atom. The average molecular weight is 346 g/mol. The van der Waals surface area contributed by atoms with Crippen molar-refractivity contribution in [3.8, 4) is 0 Å². The lowest BCUT2D eigenvalue weighted by Crippen LogP contribution is -2.53. The van der Waals surface area contributed by atoms with Crippen LogP contribution in [0, 0.1) is 0 Å². The molecule has 0 aromatic carbocycles. The van der Waals surface area contributed by atoms with Crippen molar-refractivity contribution in [2.45, 2.75) is 38.5 Å². The number of likely N-dealkylation sites (tertiary alicyclic amines) is 1. The van der Waals surface area contributed by atoms with Crippen LogP contribution in [0.3, 0.4) is 0 Å². The monoisotopic (exact) mass is 346 g/mol. The zero-order chi connectivity index (χ0) is 16.9. The van der Waals surface area contributed by atoms with Gasteiger partial charge in [-0.2, -0.15) is 0 Å². The quantitative estimate of drug-likeness (QED) is 0.857. The second-order valence-electron chi connectivity index (χ2n) is 5.97. The summed E-state index contributed by atoms with van der Waals surface area (Å²) in [6.07, 6.45) is 2.67. The number of amides is 1. The molecule has 3 heterocycles. The van der Waals surface area contributed by atoms with Gasteiger partial charge in [0.2, 0.25) is 0 Å². The van der Waals surface area contributed by atoms with Crippen LogP contribution in [0.1, 0.15) is 34.5 Å². The Kier molecular flexibility index (Phi) is 5.55. The van der Waals surface area contributed by atoms with E-state index in [4.69, 9.17) is 0 Å². The SMILES string of the molecule is CCc1nc(CN2CC[C@@H](NC(=O)c3ccccn3)[C@H](O)C2)cs1. The minimum Gasteiger partial charge on any atom is -0.390 e. The molecule has 2 atom stereocenters. The van der Waals surface area contributed by atoms with Crippen molar-refractivity contribution in [1.82, 2.24) is 20.2 Å². The summed E-state index contributed by atoms with van der Waals surface area (Å²) in [7, 11) is 0.